The average Bonchev–Trinajstić information content (AvgIpc) is 2.70. The molecule has 0 radical (unpaired) electrons. The van der Waals surface area contributed by atoms with Gasteiger partial charge in [-0.15, -0.1) is 0 Å². The summed E-state index contributed by atoms with van der Waals surface area (Å²) in [4.78, 5) is 23.9. The zero-order valence-corrected chi connectivity index (χ0v) is 16.2. The quantitative estimate of drug-likeness (QED) is 0.519. The van der Waals surface area contributed by atoms with E-state index in [-0.39, 0.29) is 12.3 Å². The second-order valence-corrected chi connectivity index (χ2v) is 6.74. The van der Waals surface area contributed by atoms with E-state index in [2.05, 4.69) is 10.6 Å². The minimum atomic E-state index is -0.719. The summed E-state index contributed by atoms with van der Waals surface area (Å²) in [5.41, 5.74) is 6.62. The highest BCUT2D eigenvalue weighted by molar-refractivity contribution is 6.30. The third-order valence-corrected chi connectivity index (χ3v) is 4.33. The number of para-hydroxylation sites is 1. The summed E-state index contributed by atoms with van der Waals surface area (Å²) in [6, 6.07) is 21.9. The van der Waals surface area contributed by atoms with Crippen molar-refractivity contribution in [2.75, 3.05) is 5.32 Å². The molecule has 0 unspecified atom stereocenters. The van der Waals surface area contributed by atoms with Crippen LogP contribution in [0.4, 0.5) is 10.5 Å². The molecule has 0 aliphatic carbocycles. The Morgan fingerprint density at radius 3 is 2.31 bits per heavy atom. The van der Waals surface area contributed by atoms with Gasteiger partial charge >= 0.3 is 6.03 Å². The monoisotopic (exact) mass is 409 g/mol. The number of rotatable bonds is 7. The number of carbonyl (C=O) groups is 2. The van der Waals surface area contributed by atoms with Crippen LogP contribution >= 0.6 is 11.6 Å². The van der Waals surface area contributed by atoms with Crippen LogP contribution in [-0.2, 0) is 4.79 Å². The topological polar surface area (TPSA) is 93.5 Å². The number of nitrogens with one attached hydrogen (secondary N) is 2. The molecule has 0 saturated heterocycles. The zero-order chi connectivity index (χ0) is 20.6. The van der Waals surface area contributed by atoms with Gasteiger partial charge < -0.3 is 21.1 Å². The van der Waals surface area contributed by atoms with Gasteiger partial charge in [0.25, 0.3) is 0 Å². The molecule has 0 fully saturated rings. The van der Waals surface area contributed by atoms with E-state index in [0.717, 1.165) is 0 Å². The Morgan fingerprint density at radius 1 is 0.931 bits per heavy atom. The molecule has 1 atom stereocenters. The van der Waals surface area contributed by atoms with Gasteiger partial charge in [0.15, 0.2) is 0 Å². The number of amides is 3. The average molecular weight is 410 g/mol. The van der Waals surface area contributed by atoms with Crippen LogP contribution in [0, 0.1) is 0 Å². The molecule has 0 aliphatic heterocycles. The molecule has 6 nitrogen and oxygen atoms in total. The second-order valence-electron chi connectivity index (χ2n) is 6.31. The fraction of sp³-hybridized carbons (Fsp3) is 0.0909. The highest BCUT2D eigenvalue weighted by Crippen LogP contribution is 2.26. The molecule has 7 heteroatoms. The number of hydrogen-bond acceptors (Lipinski definition) is 3. The molecule has 3 aromatic carbocycles. The van der Waals surface area contributed by atoms with Gasteiger partial charge in [0, 0.05) is 10.7 Å². The summed E-state index contributed by atoms with van der Waals surface area (Å²) in [6.45, 7) is 0. The third kappa shape index (κ3) is 6.26. The summed E-state index contributed by atoms with van der Waals surface area (Å²) in [6.07, 6.45) is 0.000354. The van der Waals surface area contributed by atoms with Crippen molar-refractivity contribution in [2.45, 2.75) is 12.5 Å². The van der Waals surface area contributed by atoms with E-state index < -0.39 is 12.1 Å². The van der Waals surface area contributed by atoms with E-state index in [9.17, 15) is 9.59 Å². The summed E-state index contributed by atoms with van der Waals surface area (Å²) in [5.74, 6) is 0.994. The number of hydrogen-bond donors (Lipinski definition) is 3. The summed E-state index contributed by atoms with van der Waals surface area (Å²) >= 11 is 5.86. The molecule has 148 valence electrons. The van der Waals surface area contributed by atoms with Crippen LogP contribution in [0.15, 0.2) is 78.9 Å². The van der Waals surface area contributed by atoms with Crippen molar-refractivity contribution in [1.82, 2.24) is 5.32 Å². The molecular formula is C22H20ClN3O3. The number of urea groups is 1. The van der Waals surface area contributed by atoms with Gasteiger partial charge in [0.05, 0.1) is 12.5 Å². The molecule has 29 heavy (non-hydrogen) atoms. The maximum Gasteiger partial charge on any atom is 0.312 e. The Labute approximate surface area is 173 Å². The molecule has 0 bridgehead atoms. The van der Waals surface area contributed by atoms with Crippen LogP contribution in [-0.4, -0.2) is 11.9 Å². The molecule has 0 saturated carbocycles. The van der Waals surface area contributed by atoms with Gasteiger partial charge in [-0.2, -0.15) is 0 Å². The predicted octanol–water partition coefficient (Wildman–Crippen LogP) is 4.87. The van der Waals surface area contributed by atoms with Crippen LogP contribution < -0.4 is 21.1 Å². The molecule has 0 spiro atoms. The first-order valence-electron chi connectivity index (χ1n) is 8.94. The number of halogens is 1. The third-order valence-electron chi connectivity index (χ3n) is 4.07. The maximum absolute atomic E-state index is 12.5. The molecule has 3 rings (SSSR count). The summed E-state index contributed by atoms with van der Waals surface area (Å²) in [5, 5.41) is 5.97. The largest absolute Gasteiger partial charge is 0.457 e. The van der Waals surface area contributed by atoms with Crippen molar-refractivity contribution < 1.29 is 14.3 Å². The van der Waals surface area contributed by atoms with Crippen molar-refractivity contribution in [3.63, 3.8) is 0 Å². The predicted molar refractivity (Wildman–Crippen MR) is 113 cm³/mol. The van der Waals surface area contributed by atoms with Gasteiger partial charge in [0.1, 0.15) is 11.5 Å². The van der Waals surface area contributed by atoms with E-state index in [1.807, 2.05) is 30.3 Å². The van der Waals surface area contributed by atoms with E-state index in [1.54, 1.807) is 48.5 Å². The molecular weight excluding hydrogens is 390 g/mol. The Morgan fingerprint density at radius 2 is 1.62 bits per heavy atom. The van der Waals surface area contributed by atoms with Gasteiger partial charge in [-0.05, 0) is 54.1 Å². The maximum atomic E-state index is 12.5. The smallest absolute Gasteiger partial charge is 0.312 e. The fourth-order valence-corrected chi connectivity index (χ4v) is 2.90. The van der Waals surface area contributed by atoms with Gasteiger partial charge in [-0.25, -0.2) is 4.79 Å². The summed E-state index contributed by atoms with van der Waals surface area (Å²) < 4.78 is 5.83. The Kier molecular flexibility index (Phi) is 6.71. The lowest BCUT2D eigenvalue weighted by molar-refractivity contribution is -0.116. The van der Waals surface area contributed by atoms with Crippen molar-refractivity contribution in [1.29, 1.82) is 0 Å². The molecule has 0 aliphatic rings. The SMILES string of the molecule is NC(=O)N[C@H](CC(=O)Nc1ccc(Cl)cc1)c1cccc(Oc2ccccc2)c1. The number of benzene rings is 3. The number of carbonyl (C=O) groups excluding carboxylic acids is 2. The lowest BCUT2D eigenvalue weighted by Gasteiger charge is -2.19. The fourth-order valence-electron chi connectivity index (χ4n) is 2.77. The van der Waals surface area contributed by atoms with Gasteiger partial charge in [-0.1, -0.05) is 41.9 Å². The number of ether oxygens (including phenoxy) is 1. The minimum absolute atomic E-state index is 0.000354. The number of nitrogens with two attached hydrogens (primary N) is 1. The van der Waals surface area contributed by atoms with Crippen LogP contribution in [0.5, 0.6) is 11.5 Å². The molecule has 3 aromatic rings. The van der Waals surface area contributed by atoms with E-state index >= 15 is 0 Å². The molecule has 4 N–H and O–H groups in total. The van der Waals surface area contributed by atoms with Crippen LogP contribution in [0.3, 0.4) is 0 Å². The Bertz CT molecular complexity index is 978. The van der Waals surface area contributed by atoms with E-state index in [0.29, 0.717) is 27.8 Å². The van der Waals surface area contributed by atoms with E-state index in [4.69, 9.17) is 22.1 Å². The normalized spacial score (nSPS) is 11.3. The zero-order valence-electron chi connectivity index (χ0n) is 15.5. The Hall–Kier alpha value is -3.51. The summed E-state index contributed by atoms with van der Waals surface area (Å²) in [7, 11) is 0. The second kappa shape index (κ2) is 9.61. The van der Waals surface area contributed by atoms with Crippen molar-refractivity contribution in [3.05, 3.63) is 89.4 Å². The molecule has 0 heterocycles. The van der Waals surface area contributed by atoms with Crippen LogP contribution in [0.1, 0.15) is 18.0 Å². The first-order chi connectivity index (χ1) is 14.0. The lowest BCUT2D eigenvalue weighted by Crippen LogP contribution is -2.35. The number of primary amides is 1. The van der Waals surface area contributed by atoms with Gasteiger partial charge in [-0.3, -0.25) is 4.79 Å². The highest BCUT2D eigenvalue weighted by atomic mass is 35.5. The number of anilines is 1. The standard InChI is InChI=1S/C22H20ClN3O3/c23-16-9-11-17(12-10-16)25-21(27)14-20(26-22(24)28)15-5-4-8-19(13-15)29-18-6-2-1-3-7-18/h1-13,20H,14H2,(H,25,27)(H3,24,26,28)/t20-/m1/s1. The van der Waals surface area contributed by atoms with Crippen LogP contribution in [0.2, 0.25) is 5.02 Å². The molecule has 0 aromatic heterocycles. The van der Waals surface area contributed by atoms with Crippen molar-refractivity contribution in [2.24, 2.45) is 5.73 Å². The molecule has 3 amide bonds. The minimum Gasteiger partial charge on any atom is -0.457 e. The highest BCUT2D eigenvalue weighted by Gasteiger charge is 2.18. The van der Waals surface area contributed by atoms with Gasteiger partial charge in [0.2, 0.25) is 5.91 Å². The first-order valence-corrected chi connectivity index (χ1v) is 9.31. The van der Waals surface area contributed by atoms with Crippen molar-refractivity contribution in [3.8, 4) is 11.5 Å². The van der Waals surface area contributed by atoms with Crippen molar-refractivity contribution >= 4 is 29.2 Å². The Balaban J connectivity index is 1.73. The lowest BCUT2D eigenvalue weighted by atomic mass is 10.0. The first kappa shape index (κ1) is 20.2. The van der Waals surface area contributed by atoms with E-state index in [1.165, 1.54) is 0 Å². The van der Waals surface area contributed by atoms with Crippen LogP contribution in [0.25, 0.3) is 0 Å².